The van der Waals surface area contributed by atoms with Gasteiger partial charge in [-0.25, -0.2) is 0 Å². The van der Waals surface area contributed by atoms with E-state index in [0.717, 1.165) is 16.7 Å². The van der Waals surface area contributed by atoms with Crippen LogP contribution in [-0.2, 0) is 9.59 Å². The fourth-order valence-corrected chi connectivity index (χ4v) is 2.21. The highest BCUT2D eigenvalue weighted by Crippen LogP contribution is 2.25. The molecule has 0 spiro atoms. The maximum absolute atomic E-state index is 12.1. The fraction of sp³-hybridized carbons (Fsp3) is 0.429. The summed E-state index contributed by atoms with van der Waals surface area (Å²) in [4.78, 5) is 22.6. The van der Waals surface area contributed by atoms with Crippen LogP contribution in [0.4, 0.5) is 0 Å². The first-order valence-corrected chi connectivity index (χ1v) is 6.52. The first-order valence-electron chi connectivity index (χ1n) is 5.60. The molecule has 2 atom stereocenters. The number of rotatable bonds is 4. The molecule has 0 aliphatic carbocycles. The Labute approximate surface area is 111 Å². The molecule has 3 heteroatoms. The highest BCUT2D eigenvalue weighted by Gasteiger charge is 2.26. The number of Topliss-reactive ketones (excluding diaryl/α,β-unsaturated/α-hetero) is 2. The predicted molar refractivity (Wildman–Crippen MR) is 72.7 cm³/mol. The van der Waals surface area contributed by atoms with Crippen molar-refractivity contribution in [3.63, 3.8) is 0 Å². The first kappa shape index (κ1) is 14.1. The minimum absolute atomic E-state index is 0.0776. The van der Waals surface area contributed by atoms with E-state index in [0.29, 0.717) is 0 Å². The number of carbonyl (C=O) groups excluding carboxylic acids is 2. The molecule has 1 aromatic rings. The van der Waals surface area contributed by atoms with Gasteiger partial charge in [0.1, 0.15) is 4.83 Å². The summed E-state index contributed by atoms with van der Waals surface area (Å²) in [7, 11) is 0. The molecule has 0 fully saturated rings. The van der Waals surface area contributed by atoms with Crippen LogP contribution in [0.3, 0.4) is 0 Å². The average Bonchev–Trinajstić information content (AvgIpc) is 2.29. The molecule has 0 aliphatic heterocycles. The van der Waals surface area contributed by atoms with Gasteiger partial charge in [-0.2, -0.15) is 0 Å². The van der Waals surface area contributed by atoms with Gasteiger partial charge < -0.3 is 0 Å². The van der Waals surface area contributed by atoms with Gasteiger partial charge >= 0.3 is 0 Å². The Bertz CT molecular complexity index is 452. The Hall–Kier alpha value is -0.960. The van der Waals surface area contributed by atoms with Gasteiger partial charge in [0.25, 0.3) is 0 Å². The molecule has 0 bridgehead atoms. The smallest absolute Gasteiger partial charge is 0.161 e. The van der Waals surface area contributed by atoms with Gasteiger partial charge in [0.15, 0.2) is 11.6 Å². The molecule has 2 nitrogen and oxygen atoms in total. The minimum atomic E-state index is -0.697. The topological polar surface area (TPSA) is 34.1 Å². The molecular weight excluding hydrogens is 280 g/mol. The van der Waals surface area contributed by atoms with Crippen LogP contribution in [0.1, 0.15) is 36.5 Å². The number of carbonyl (C=O) groups is 2. The van der Waals surface area contributed by atoms with E-state index < -0.39 is 4.83 Å². The van der Waals surface area contributed by atoms with Gasteiger partial charge in [0.05, 0.1) is 0 Å². The maximum atomic E-state index is 12.1. The third-order valence-electron chi connectivity index (χ3n) is 3.15. The van der Waals surface area contributed by atoms with E-state index >= 15 is 0 Å². The zero-order chi connectivity index (χ0) is 13.2. The lowest BCUT2D eigenvalue weighted by molar-refractivity contribution is -0.125. The molecule has 0 saturated heterocycles. The fourth-order valence-electron chi connectivity index (χ4n) is 1.82. The van der Waals surface area contributed by atoms with Crippen molar-refractivity contribution in [2.75, 3.05) is 0 Å². The number of benzene rings is 1. The van der Waals surface area contributed by atoms with E-state index in [4.69, 9.17) is 0 Å². The molecular formula is C14H17BrO2. The molecule has 1 rings (SSSR count). The molecule has 0 aliphatic rings. The highest BCUT2D eigenvalue weighted by molar-refractivity contribution is 9.10. The second kappa shape index (κ2) is 5.58. The van der Waals surface area contributed by atoms with Gasteiger partial charge in [-0.1, -0.05) is 41.1 Å². The number of aryl methyl sites for hydroxylation is 1. The Morgan fingerprint density at radius 2 is 1.82 bits per heavy atom. The Morgan fingerprint density at radius 3 is 2.35 bits per heavy atom. The van der Waals surface area contributed by atoms with Crippen molar-refractivity contribution in [1.29, 1.82) is 0 Å². The van der Waals surface area contributed by atoms with Crippen LogP contribution in [0, 0.1) is 13.8 Å². The van der Waals surface area contributed by atoms with E-state index in [1.54, 1.807) is 0 Å². The van der Waals surface area contributed by atoms with Crippen LogP contribution >= 0.6 is 15.9 Å². The van der Waals surface area contributed by atoms with Crippen LogP contribution in [0.5, 0.6) is 0 Å². The standard InChI is InChI=1S/C14H17BrO2/c1-8-6-5-7-12(9(8)2)10(3)14(17)13(15)11(4)16/h5-7,10,13H,1-4H3. The lowest BCUT2D eigenvalue weighted by Crippen LogP contribution is -2.26. The van der Waals surface area contributed by atoms with Gasteiger partial charge in [0, 0.05) is 5.92 Å². The van der Waals surface area contributed by atoms with Crippen LogP contribution in [0.2, 0.25) is 0 Å². The minimum Gasteiger partial charge on any atom is -0.298 e. The van der Waals surface area contributed by atoms with Crippen molar-refractivity contribution in [2.24, 2.45) is 0 Å². The summed E-state index contributed by atoms with van der Waals surface area (Å²) in [5.74, 6) is -0.485. The van der Waals surface area contributed by atoms with Gasteiger partial charge in [-0.3, -0.25) is 9.59 Å². The largest absolute Gasteiger partial charge is 0.298 e. The van der Waals surface area contributed by atoms with Gasteiger partial charge in [-0.15, -0.1) is 0 Å². The van der Waals surface area contributed by atoms with E-state index in [1.165, 1.54) is 6.92 Å². The van der Waals surface area contributed by atoms with Gasteiger partial charge in [-0.05, 0) is 37.5 Å². The van der Waals surface area contributed by atoms with Crippen LogP contribution in [0.15, 0.2) is 18.2 Å². The summed E-state index contributed by atoms with van der Waals surface area (Å²) in [6.07, 6.45) is 0. The normalized spacial score (nSPS) is 14.2. The van der Waals surface area contributed by atoms with Crippen molar-refractivity contribution in [3.05, 3.63) is 34.9 Å². The molecule has 2 unspecified atom stereocenters. The van der Waals surface area contributed by atoms with Crippen LogP contribution < -0.4 is 0 Å². The lowest BCUT2D eigenvalue weighted by atomic mass is 9.89. The molecule has 92 valence electrons. The van der Waals surface area contributed by atoms with Crippen LogP contribution in [-0.4, -0.2) is 16.4 Å². The quantitative estimate of drug-likeness (QED) is 0.631. The molecule has 0 aromatic heterocycles. The van der Waals surface area contributed by atoms with Gasteiger partial charge in [0.2, 0.25) is 0 Å². The van der Waals surface area contributed by atoms with E-state index in [9.17, 15) is 9.59 Å². The van der Waals surface area contributed by atoms with E-state index in [-0.39, 0.29) is 17.5 Å². The number of hydrogen-bond acceptors (Lipinski definition) is 2. The molecule has 0 saturated carbocycles. The summed E-state index contributed by atoms with van der Waals surface area (Å²) in [5, 5.41) is 0. The third kappa shape index (κ3) is 3.03. The number of ketones is 2. The van der Waals surface area contributed by atoms with Crippen molar-refractivity contribution < 1.29 is 9.59 Å². The molecule has 0 radical (unpaired) electrons. The summed E-state index contributed by atoms with van der Waals surface area (Å²) in [5.41, 5.74) is 3.29. The zero-order valence-electron chi connectivity index (χ0n) is 10.6. The summed E-state index contributed by atoms with van der Waals surface area (Å²) in [6.45, 7) is 7.30. The Kier molecular flexibility index (Phi) is 4.63. The number of alkyl halides is 1. The Balaban J connectivity index is 3.05. The molecule has 0 heterocycles. The van der Waals surface area contributed by atoms with E-state index in [1.807, 2.05) is 39.0 Å². The summed E-state index contributed by atoms with van der Waals surface area (Å²) >= 11 is 3.15. The summed E-state index contributed by atoms with van der Waals surface area (Å²) < 4.78 is 0. The first-order chi connectivity index (χ1) is 7.86. The third-order valence-corrected chi connectivity index (χ3v) is 4.24. The van der Waals surface area contributed by atoms with Crippen molar-refractivity contribution >= 4 is 27.5 Å². The Morgan fingerprint density at radius 1 is 1.24 bits per heavy atom. The molecule has 0 N–H and O–H groups in total. The monoisotopic (exact) mass is 296 g/mol. The van der Waals surface area contributed by atoms with Crippen molar-refractivity contribution in [3.8, 4) is 0 Å². The van der Waals surface area contributed by atoms with Crippen molar-refractivity contribution in [2.45, 2.75) is 38.4 Å². The zero-order valence-corrected chi connectivity index (χ0v) is 12.2. The second-order valence-corrected chi connectivity index (χ2v) is 5.30. The number of halogens is 1. The maximum Gasteiger partial charge on any atom is 0.161 e. The lowest BCUT2D eigenvalue weighted by Gasteiger charge is -2.17. The highest BCUT2D eigenvalue weighted by atomic mass is 79.9. The predicted octanol–water partition coefficient (Wildman–Crippen LogP) is 3.33. The van der Waals surface area contributed by atoms with Crippen LogP contribution in [0.25, 0.3) is 0 Å². The molecule has 0 amide bonds. The number of hydrogen-bond donors (Lipinski definition) is 0. The van der Waals surface area contributed by atoms with Crippen molar-refractivity contribution in [1.82, 2.24) is 0 Å². The molecule has 17 heavy (non-hydrogen) atoms. The van der Waals surface area contributed by atoms with E-state index in [2.05, 4.69) is 15.9 Å². The summed E-state index contributed by atoms with van der Waals surface area (Å²) in [6, 6.07) is 5.91. The average molecular weight is 297 g/mol. The SMILES string of the molecule is CC(=O)C(Br)C(=O)C(C)c1cccc(C)c1C. The molecule has 1 aromatic carbocycles. The second-order valence-electron chi connectivity index (χ2n) is 4.39.